The Morgan fingerprint density at radius 3 is 2.29 bits per heavy atom. The van der Waals surface area contributed by atoms with Crippen molar-refractivity contribution in [3.8, 4) is 0 Å². The largest absolute Gasteiger partial charge is 2.00 e. The third-order valence-electron chi connectivity index (χ3n) is 2.67. The summed E-state index contributed by atoms with van der Waals surface area (Å²) in [5.41, 5.74) is 0. The molecule has 1 saturated heterocycles. The number of hydrogen-bond acceptors (Lipinski definition) is 2. The van der Waals surface area contributed by atoms with Gasteiger partial charge in [0, 0.05) is 12.7 Å². The summed E-state index contributed by atoms with van der Waals surface area (Å²) in [7, 11) is 0. The molecule has 0 amide bonds. The van der Waals surface area contributed by atoms with E-state index in [9.17, 15) is 0 Å². The first-order chi connectivity index (χ1) is 6.36. The van der Waals surface area contributed by atoms with Gasteiger partial charge in [-0.3, -0.25) is 0 Å². The third-order valence-corrected chi connectivity index (χ3v) is 2.67. The van der Waals surface area contributed by atoms with Gasteiger partial charge in [0.05, 0.1) is 0 Å². The SMILES string of the molecule is [CH2-]CC(C[CH2-])OCC1CCNCC1.[Zn+2]. The first-order valence-corrected chi connectivity index (χ1v) is 5.27. The van der Waals surface area contributed by atoms with E-state index in [0.29, 0.717) is 0 Å². The molecule has 2 nitrogen and oxygen atoms in total. The molecule has 0 spiro atoms. The number of nitrogens with one attached hydrogen (secondary N) is 1. The number of piperidine rings is 1. The molecule has 78 valence electrons. The van der Waals surface area contributed by atoms with Crippen LogP contribution in [0.5, 0.6) is 0 Å². The van der Waals surface area contributed by atoms with Gasteiger partial charge in [-0.15, -0.1) is 0 Å². The van der Waals surface area contributed by atoms with Crippen molar-refractivity contribution in [3.05, 3.63) is 13.8 Å². The number of ether oxygens (including phenoxy) is 1. The van der Waals surface area contributed by atoms with Gasteiger partial charge >= 0.3 is 19.5 Å². The second-order valence-corrected chi connectivity index (χ2v) is 3.73. The van der Waals surface area contributed by atoms with Crippen molar-refractivity contribution in [2.24, 2.45) is 5.92 Å². The van der Waals surface area contributed by atoms with E-state index < -0.39 is 0 Å². The van der Waals surface area contributed by atoms with Gasteiger partial charge in [0.15, 0.2) is 0 Å². The Labute approximate surface area is 101 Å². The van der Waals surface area contributed by atoms with E-state index in [1.54, 1.807) is 0 Å². The van der Waals surface area contributed by atoms with E-state index in [0.717, 1.165) is 38.5 Å². The summed E-state index contributed by atoms with van der Waals surface area (Å²) >= 11 is 0. The van der Waals surface area contributed by atoms with E-state index in [1.807, 2.05) is 0 Å². The summed E-state index contributed by atoms with van der Waals surface area (Å²) < 4.78 is 5.73. The molecule has 1 heterocycles. The maximum Gasteiger partial charge on any atom is 2.00 e. The number of hydrogen-bond donors (Lipinski definition) is 1. The van der Waals surface area contributed by atoms with Crippen LogP contribution in [0.1, 0.15) is 25.7 Å². The van der Waals surface area contributed by atoms with Gasteiger partial charge in [-0.1, -0.05) is 0 Å². The van der Waals surface area contributed by atoms with Crippen LogP contribution in [0.25, 0.3) is 0 Å². The van der Waals surface area contributed by atoms with Gasteiger partial charge in [0.1, 0.15) is 0 Å². The van der Waals surface area contributed by atoms with Gasteiger partial charge in [0.2, 0.25) is 0 Å². The molecule has 0 bridgehead atoms. The molecule has 0 radical (unpaired) electrons. The van der Waals surface area contributed by atoms with E-state index in [2.05, 4.69) is 19.2 Å². The zero-order valence-electron chi connectivity index (χ0n) is 9.13. The van der Waals surface area contributed by atoms with Crippen LogP contribution in [0.3, 0.4) is 0 Å². The van der Waals surface area contributed by atoms with E-state index in [4.69, 9.17) is 4.74 Å². The average molecular weight is 249 g/mol. The molecule has 14 heavy (non-hydrogen) atoms. The van der Waals surface area contributed by atoms with Crippen molar-refractivity contribution in [1.29, 1.82) is 0 Å². The molecular formula is C11H21NOZn. The molecule has 0 aromatic rings. The Morgan fingerprint density at radius 2 is 1.79 bits per heavy atom. The van der Waals surface area contributed by atoms with Crippen LogP contribution in [0, 0.1) is 19.8 Å². The molecule has 0 aliphatic carbocycles. The summed E-state index contributed by atoms with van der Waals surface area (Å²) in [5.74, 6) is 0.752. The summed E-state index contributed by atoms with van der Waals surface area (Å²) in [6, 6.07) is 0. The Hall–Kier alpha value is 0.543. The van der Waals surface area contributed by atoms with Crippen molar-refractivity contribution in [3.63, 3.8) is 0 Å². The monoisotopic (exact) mass is 247 g/mol. The third kappa shape index (κ3) is 5.43. The standard InChI is InChI=1S/C11H21NO.Zn/c1-3-11(4-2)13-9-10-5-7-12-8-6-10;/h10-12H,1-9H2;/q-2;+2. The van der Waals surface area contributed by atoms with E-state index in [1.165, 1.54) is 12.8 Å². The molecule has 0 aromatic carbocycles. The molecule has 0 saturated carbocycles. The molecule has 1 rings (SSSR count). The predicted octanol–water partition coefficient (Wildman–Crippen LogP) is 1.82. The summed E-state index contributed by atoms with van der Waals surface area (Å²) in [5, 5.41) is 3.35. The molecule has 0 aromatic heterocycles. The van der Waals surface area contributed by atoms with Crippen molar-refractivity contribution in [1.82, 2.24) is 5.32 Å². The Balaban J connectivity index is 0.00000169. The first kappa shape index (κ1) is 14.5. The van der Waals surface area contributed by atoms with Crippen molar-refractivity contribution < 1.29 is 24.2 Å². The number of rotatable bonds is 5. The van der Waals surface area contributed by atoms with Crippen LogP contribution < -0.4 is 5.32 Å². The Morgan fingerprint density at radius 1 is 1.21 bits per heavy atom. The molecule has 1 N–H and O–H groups in total. The normalized spacial score (nSPS) is 18.2. The first-order valence-electron chi connectivity index (χ1n) is 5.27. The smallest absolute Gasteiger partial charge is 0.383 e. The van der Waals surface area contributed by atoms with Crippen molar-refractivity contribution >= 4 is 0 Å². The molecule has 1 fully saturated rings. The van der Waals surface area contributed by atoms with Crippen LogP contribution in [-0.2, 0) is 24.2 Å². The maximum absolute atomic E-state index is 5.73. The quantitative estimate of drug-likeness (QED) is 0.592. The second-order valence-electron chi connectivity index (χ2n) is 3.73. The molecule has 1 aliphatic rings. The molecule has 0 atom stereocenters. The summed E-state index contributed by atoms with van der Waals surface area (Å²) in [6.45, 7) is 10.9. The average Bonchev–Trinajstić information content (AvgIpc) is 2.21. The molecule has 1 aliphatic heterocycles. The van der Waals surface area contributed by atoms with Crippen LogP contribution >= 0.6 is 0 Å². The van der Waals surface area contributed by atoms with Gasteiger partial charge in [-0.05, 0) is 31.8 Å². The second kappa shape index (κ2) is 8.82. The van der Waals surface area contributed by atoms with Crippen LogP contribution in [0.4, 0.5) is 0 Å². The fraction of sp³-hybridized carbons (Fsp3) is 0.818. The minimum absolute atomic E-state index is 0. The minimum Gasteiger partial charge on any atom is -0.383 e. The van der Waals surface area contributed by atoms with Gasteiger partial charge in [-0.2, -0.15) is 12.8 Å². The van der Waals surface area contributed by atoms with E-state index >= 15 is 0 Å². The van der Waals surface area contributed by atoms with Crippen LogP contribution in [0.2, 0.25) is 0 Å². The van der Waals surface area contributed by atoms with Gasteiger partial charge in [0.25, 0.3) is 0 Å². The fourth-order valence-electron chi connectivity index (χ4n) is 1.63. The van der Waals surface area contributed by atoms with Gasteiger partial charge in [-0.25, -0.2) is 0 Å². The topological polar surface area (TPSA) is 21.3 Å². The summed E-state index contributed by atoms with van der Waals surface area (Å²) in [4.78, 5) is 0. The zero-order chi connectivity index (χ0) is 9.52. The summed E-state index contributed by atoms with van der Waals surface area (Å²) in [6.07, 6.45) is 4.46. The minimum atomic E-state index is 0. The fourth-order valence-corrected chi connectivity index (χ4v) is 1.63. The Bertz CT molecular complexity index is 122. The van der Waals surface area contributed by atoms with Crippen LogP contribution in [0.15, 0.2) is 0 Å². The maximum atomic E-state index is 5.73. The van der Waals surface area contributed by atoms with Gasteiger partial charge < -0.3 is 23.9 Å². The molecule has 3 heteroatoms. The molecular weight excluding hydrogens is 228 g/mol. The van der Waals surface area contributed by atoms with Crippen molar-refractivity contribution in [2.45, 2.75) is 31.8 Å². The zero-order valence-corrected chi connectivity index (χ0v) is 12.1. The van der Waals surface area contributed by atoms with Crippen LogP contribution in [-0.4, -0.2) is 25.8 Å². The van der Waals surface area contributed by atoms with Crippen molar-refractivity contribution in [2.75, 3.05) is 19.7 Å². The Kier molecular flexibility index (Phi) is 9.16. The molecule has 0 unspecified atom stereocenters. The van der Waals surface area contributed by atoms with E-state index in [-0.39, 0.29) is 25.6 Å². The predicted molar refractivity (Wildman–Crippen MR) is 55.3 cm³/mol.